The summed E-state index contributed by atoms with van der Waals surface area (Å²) in [6.45, 7) is 1.53. The number of carbonyl (C=O) groups is 1. The summed E-state index contributed by atoms with van der Waals surface area (Å²) in [5, 5.41) is 3.15. The van der Waals surface area contributed by atoms with E-state index in [4.69, 9.17) is 0 Å². The van der Waals surface area contributed by atoms with Gasteiger partial charge in [-0.3, -0.25) is 0 Å². The third-order valence-corrected chi connectivity index (χ3v) is 6.70. The highest BCUT2D eigenvalue weighted by Gasteiger charge is 2.26. The second kappa shape index (κ2) is 6.52. The highest BCUT2D eigenvalue weighted by atomic mass is 79.9. The zero-order chi connectivity index (χ0) is 14.8. The molecule has 1 aliphatic rings. The number of rotatable bonds is 4. The minimum atomic E-state index is -3.65. The molecule has 2 N–H and O–H groups in total. The minimum absolute atomic E-state index is 0.0773. The molecule has 1 saturated heterocycles. The van der Waals surface area contributed by atoms with E-state index in [-0.39, 0.29) is 15.8 Å². The Morgan fingerprint density at radius 3 is 2.95 bits per heavy atom. The van der Waals surface area contributed by atoms with Gasteiger partial charge in [0.2, 0.25) is 10.0 Å². The van der Waals surface area contributed by atoms with Gasteiger partial charge in [0.15, 0.2) is 0 Å². The molecule has 1 aromatic heterocycles. The van der Waals surface area contributed by atoms with E-state index >= 15 is 0 Å². The first-order valence-electron chi connectivity index (χ1n) is 6.04. The first kappa shape index (κ1) is 15.9. The van der Waals surface area contributed by atoms with Crippen LogP contribution in [0.25, 0.3) is 0 Å². The van der Waals surface area contributed by atoms with Crippen LogP contribution in [0.15, 0.2) is 14.7 Å². The molecule has 0 saturated carbocycles. The lowest BCUT2D eigenvalue weighted by atomic mass is 10.1. The standard InChI is InChI=1S/C11H15BrN2O4S2/c1-18-11(15)8-5-9(10(12)19-8)20(16,17)14-7-3-2-4-13-6-7/h5,7,13-14H,2-4,6H2,1H3/t7-/m0/s1. The Morgan fingerprint density at radius 1 is 1.60 bits per heavy atom. The van der Waals surface area contributed by atoms with Crippen LogP contribution < -0.4 is 10.0 Å². The largest absolute Gasteiger partial charge is 0.465 e. The van der Waals surface area contributed by atoms with Crippen molar-refractivity contribution < 1.29 is 17.9 Å². The van der Waals surface area contributed by atoms with Crippen LogP contribution in [0.3, 0.4) is 0 Å². The van der Waals surface area contributed by atoms with E-state index in [9.17, 15) is 13.2 Å². The van der Waals surface area contributed by atoms with Crippen LogP contribution in [0.2, 0.25) is 0 Å². The molecule has 6 nitrogen and oxygen atoms in total. The molecule has 2 heterocycles. The molecule has 112 valence electrons. The number of esters is 1. The Kier molecular flexibility index (Phi) is 5.19. The number of sulfonamides is 1. The van der Waals surface area contributed by atoms with Gasteiger partial charge in [0.1, 0.15) is 9.77 Å². The molecule has 1 fully saturated rings. The summed E-state index contributed by atoms with van der Waals surface area (Å²) in [7, 11) is -2.39. The van der Waals surface area contributed by atoms with E-state index in [1.807, 2.05) is 0 Å². The SMILES string of the molecule is COC(=O)c1cc(S(=O)(=O)N[C@H]2CCCNC2)c(Br)s1. The van der Waals surface area contributed by atoms with Crippen LogP contribution in [-0.2, 0) is 14.8 Å². The molecule has 20 heavy (non-hydrogen) atoms. The number of piperidine rings is 1. The highest BCUT2D eigenvalue weighted by molar-refractivity contribution is 9.11. The fraction of sp³-hybridized carbons (Fsp3) is 0.545. The van der Waals surface area contributed by atoms with E-state index < -0.39 is 16.0 Å². The van der Waals surface area contributed by atoms with Crippen LogP contribution in [0.1, 0.15) is 22.5 Å². The minimum Gasteiger partial charge on any atom is -0.465 e. The zero-order valence-electron chi connectivity index (χ0n) is 10.8. The predicted molar refractivity (Wildman–Crippen MR) is 79.6 cm³/mol. The fourth-order valence-corrected chi connectivity index (χ4v) is 5.72. The molecule has 2 rings (SSSR count). The van der Waals surface area contributed by atoms with Gasteiger partial charge >= 0.3 is 5.97 Å². The van der Waals surface area contributed by atoms with E-state index in [1.54, 1.807) is 0 Å². The zero-order valence-corrected chi connectivity index (χ0v) is 14.0. The summed E-state index contributed by atoms with van der Waals surface area (Å²) >= 11 is 4.23. The molecule has 0 spiro atoms. The lowest BCUT2D eigenvalue weighted by Crippen LogP contribution is -2.45. The number of hydrogen-bond acceptors (Lipinski definition) is 6. The molecular formula is C11H15BrN2O4S2. The van der Waals surface area contributed by atoms with E-state index in [1.165, 1.54) is 13.2 Å². The molecule has 9 heteroatoms. The lowest BCUT2D eigenvalue weighted by Gasteiger charge is -2.23. The number of thiophene rings is 1. The molecule has 0 aromatic carbocycles. The van der Waals surface area contributed by atoms with Crippen LogP contribution in [0.4, 0.5) is 0 Å². The Bertz CT molecular complexity index is 594. The predicted octanol–water partition coefficient (Wildman–Crippen LogP) is 1.33. The fourth-order valence-electron chi connectivity index (χ4n) is 1.97. The van der Waals surface area contributed by atoms with Gasteiger partial charge in [-0.1, -0.05) is 0 Å². The van der Waals surface area contributed by atoms with Crippen molar-refractivity contribution in [3.63, 3.8) is 0 Å². The van der Waals surface area contributed by atoms with Crippen LogP contribution in [0, 0.1) is 0 Å². The van der Waals surface area contributed by atoms with Gasteiger partial charge in [0, 0.05) is 12.6 Å². The first-order chi connectivity index (χ1) is 9.44. The Morgan fingerprint density at radius 2 is 2.35 bits per heavy atom. The number of ether oxygens (including phenoxy) is 1. The smallest absolute Gasteiger partial charge is 0.348 e. The van der Waals surface area contributed by atoms with Gasteiger partial charge in [0.05, 0.1) is 10.9 Å². The average Bonchev–Trinajstić information content (AvgIpc) is 2.81. The van der Waals surface area contributed by atoms with Crippen molar-refractivity contribution in [2.45, 2.75) is 23.8 Å². The molecule has 0 amide bonds. The summed E-state index contributed by atoms with van der Waals surface area (Å²) in [4.78, 5) is 11.8. The van der Waals surface area contributed by atoms with Crippen LogP contribution >= 0.6 is 27.3 Å². The summed E-state index contributed by atoms with van der Waals surface area (Å²) in [5.74, 6) is -0.545. The van der Waals surface area contributed by atoms with E-state index in [0.717, 1.165) is 30.7 Å². The molecular weight excluding hydrogens is 368 g/mol. The Hall–Kier alpha value is -0.480. The topological polar surface area (TPSA) is 84.5 Å². The summed E-state index contributed by atoms with van der Waals surface area (Å²) < 4.78 is 32.3. The number of halogens is 1. The maximum atomic E-state index is 12.3. The molecule has 1 atom stereocenters. The molecule has 0 bridgehead atoms. The average molecular weight is 383 g/mol. The maximum Gasteiger partial charge on any atom is 0.348 e. The summed E-state index contributed by atoms with van der Waals surface area (Å²) in [5.41, 5.74) is 0. The van der Waals surface area contributed by atoms with Crippen molar-refractivity contribution in [3.8, 4) is 0 Å². The second-order valence-electron chi connectivity index (χ2n) is 4.40. The quantitative estimate of drug-likeness (QED) is 0.767. The molecule has 1 aromatic rings. The number of carbonyl (C=O) groups excluding carboxylic acids is 1. The summed E-state index contributed by atoms with van der Waals surface area (Å²) in [6, 6.07) is 1.21. The van der Waals surface area contributed by atoms with Crippen molar-refractivity contribution >= 4 is 43.3 Å². The number of nitrogens with one attached hydrogen (secondary N) is 2. The van der Waals surface area contributed by atoms with Crippen LogP contribution in [-0.4, -0.2) is 40.6 Å². The number of hydrogen-bond donors (Lipinski definition) is 2. The van der Waals surface area contributed by atoms with Gasteiger partial charge in [-0.25, -0.2) is 17.9 Å². The summed E-state index contributed by atoms with van der Waals surface area (Å²) in [6.07, 6.45) is 1.74. The van der Waals surface area contributed by atoms with Gasteiger partial charge in [-0.05, 0) is 41.4 Å². The third kappa shape index (κ3) is 3.59. The van der Waals surface area contributed by atoms with Gasteiger partial charge < -0.3 is 10.1 Å². The van der Waals surface area contributed by atoms with Crippen molar-refractivity contribution in [2.24, 2.45) is 0 Å². The molecule has 0 aliphatic carbocycles. The van der Waals surface area contributed by atoms with E-state index in [2.05, 4.69) is 30.7 Å². The Labute approximate surface area is 130 Å². The van der Waals surface area contributed by atoms with Crippen molar-refractivity contribution in [2.75, 3.05) is 20.2 Å². The molecule has 1 aliphatic heterocycles. The van der Waals surface area contributed by atoms with Crippen molar-refractivity contribution in [1.82, 2.24) is 10.0 Å². The number of methoxy groups -OCH3 is 1. The van der Waals surface area contributed by atoms with Crippen LogP contribution in [0.5, 0.6) is 0 Å². The normalized spacial score (nSPS) is 19.8. The monoisotopic (exact) mass is 382 g/mol. The first-order valence-corrected chi connectivity index (χ1v) is 9.14. The third-order valence-electron chi connectivity index (χ3n) is 2.95. The van der Waals surface area contributed by atoms with Gasteiger partial charge in [-0.2, -0.15) is 0 Å². The maximum absolute atomic E-state index is 12.3. The molecule has 0 unspecified atom stereocenters. The van der Waals surface area contributed by atoms with Gasteiger partial charge in [-0.15, -0.1) is 11.3 Å². The van der Waals surface area contributed by atoms with Crippen molar-refractivity contribution in [1.29, 1.82) is 0 Å². The second-order valence-corrected chi connectivity index (χ2v) is 8.46. The Balaban J connectivity index is 2.20. The van der Waals surface area contributed by atoms with Crippen molar-refractivity contribution in [3.05, 3.63) is 14.7 Å². The van der Waals surface area contributed by atoms with Gasteiger partial charge in [0.25, 0.3) is 0 Å². The molecule has 0 radical (unpaired) electrons. The van der Waals surface area contributed by atoms with E-state index in [0.29, 0.717) is 10.3 Å². The highest BCUT2D eigenvalue weighted by Crippen LogP contribution is 2.32. The lowest BCUT2D eigenvalue weighted by molar-refractivity contribution is 0.0606.